The van der Waals surface area contributed by atoms with Crippen LogP contribution in [-0.4, -0.2) is 56.9 Å². The lowest BCUT2D eigenvalue weighted by atomic mass is 10.1. The summed E-state index contributed by atoms with van der Waals surface area (Å²) in [4.78, 5) is 11.7. The van der Waals surface area contributed by atoms with E-state index in [9.17, 15) is 0 Å². The molecular weight excluding hydrogens is 340 g/mol. The molecule has 0 fully saturated rings. The Morgan fingerprint density at radius 1 is 1.33 bits per heavy atom. The van der Waals surface area contributed by atoms with Gasteiger partial charge in [0, 0.05) is 45.0 Å². The number of nitrogens with one attached hydrogen (secondary N) is 3. The molecule has 27 heavy (non-hydrogen) atoms. The van der Waals surface area contributed by atoms with E-state index in [1.807, 2.05) is 52.5 Å². The van der Waals surface area contributed by atoms with Crippen molar-refractivity contribution in [2.45, 2.75) is 46.6 Å². The highest BCUT2D eigenvalue weighted by Crippen LogP contribution is 2.09. The molecule has 1 atom stereocenters. The Hall–Kier alpha value is -2.57. The Bertz CT molecular complexity index is 563. The molecule has 0 aromatic rings. The van der Waals surface area contributed by atoms with Gasteiger partial charge in [-0.2, -0.15) is 0 Å². The molecule has 0 saturated heterocycles. The van der Waals surface area contributed by atoms with Crippen LogP contribution in [0.2, 0.25) is 0 Å². The maximum Gasteiger partial charge on any atom is 0.130 e. The molecular formula is C20H36N6O. The van der Waals surface area contributed by atoms with Gasteiger partial charge in [0.15, 0.2) is 0 Å². The Morgan fingerprint density at radius 2 is 2.07 bits per heavy atom. The largest absolute Gasteiger partial charge is 0.390 e. The number of unbranched alkanes of at least 4 members (excludes halogenated alkanes) is 1. The van der Waals surface area contributed by atoms with Crippen molar-refractivity contribution < 1.29 is 4.84 Å². The van der Waals surface area contributed by atoms with Crippen molar-refractivity contribution in [3.05, 3.63) is 35.4 Å². The highest BCUT2D eigenvalue weighted by atomic mass is 16.6. The van der Waals surface area contributed by atoms with Crippen molar-refractivity contribution in [1.29, 1.82) is 5.41 Å². The van der Waals surface area contributed by atoms with Crippen LogP contribution in [0.4, 0.5) is 0 Å². The zero-order valence-corrected chi connectivity index (χ0v) is 17.6. The first-order valence-corrected chi connectivity index (χ1v) is 9.32. The smallest absolute Gasteiger partial charge is 0.130 e. The fourth-order valence-electron chi connectivity index (χ4n) is 2.23. The van der Waals surface area contributed by atoms with Crippen LogP contribution in [0.15, 0.2) is 45.5 Å². The maximum atomic E-state index is 7.35. The highest BCUT2D eigenvalue weighted by Gasteiger charge is 2.09. The highest BCUT2D eigenvalue weighted by molar-refractivity contribution is 5.72. The third kappa shape index (κ3) is 12.4. The normalized spacial score (nSPS) is 14.5. The van der Waals surface area contributed by atoms with Crippen molar-refractivity contribution in [3.63, 3.8) is 0 Å². The van der Waals surface area contributed by atoms with Crippen LogP contribution in [0.5, 0.6) is 0 Å². The molecule has 0 aromatic heterocycles. The summed E-state index contributed by atoms with van der Waals surface area (Å²) in [5, 5.41) is 17.3. The summed E-state index contributed by atoms with van der Waals surface area (Å²) in [5.74, 6) is 0.668. The quantitative estimate of drug-likeness (QED) is 0.143. The third-order valence-electron chi connectivity index (χ3n) is 3.64. The Kier molecular flexibility index (Phi) is 14.2. The standard InChI is InChI=1S/C20H36N6O/c1-7-9-11-23-12-10-19(22-5)15-26(6)14-17(3)20(24-16-21)13-18(4)27-25-8-2/h8,10,12-14,16,20,22H,7,9,11,15H2,1-6H3,(H2,21,24)/b17-14+,18-13+,19-10-,23-12?,25-8+. The van der Waals surface area contributed by atoms with Gasteiger partial charge in [-0.15, -0.1) is 0 Å². The summed E-state index contributed by atoms with van der Waals surface area (Å²) in [7, 11) is 3.92. The molecule has 0 bridgehead atoms. The molecule has 0 amide bonds. The van der Waals surface area contributed by atoms with Crippen LogP contribution in [-0.2, 0) is 4.84 Å². The number of hydrogen-bond acceptors (Lipinski definition) is 6. The van der Waals surface area contributed by atoms with E-state index in [2.05, 4.69) is 32.6 Å². The average molecular weight is 377 g/mol. The van der Waals surface area contributed by atoms with Crippen LogP contribution >= 0.6 is 0 Å². The minimum absolute atomic E-state index is 0.144. The van der Waals surface area contributed by atoms with Crippen molar-refractivity contribution in [2.75, 3.05) is 27.2 Å². The summed E-state index contributed by atoms with van der Waals surface area (Å²) < 4.78 is 0. The minimum Gasteiger partial charge on any atom is -0.390 e. The van der Waals surface area contributed by atoms with E-state index in [-0.39, 0.29) is 6.04 Å². The second kappa shape index (κ2) is 15.7. The van der Waals surface area contributed by atoms with E-state index in [1.165, 1.54) is 6.34 Å². The topological polar surface area (TPSA) is 85.1 Å². The van der Waals surface area contributed by atoms with Gasteiger partial charge < -0.3 is 20.4 Å². The van der Waals surface area contributed by atoms with Gasteiger partial charge in [-0.3, -0.25) is 10.4 Å². The molecule has 0 rings (SSSR count). The van der Waals surface area contributed by atoms with Crippen LogP contribution in [0.25, 0.3) is 0 Å². The summed E-state index contributed by atoms with van der Waals surface area (Å²) in [6.45, 7) is 9.40. The van der Waals surface area contributed by atoms with Gasteiger partial charge in [0.2, 0.25) is 0 Å². The van der Waals surface area contributed by atoms with Crippen LogP contribution < -0.4 is 10.6 Å². The van der Waals surface area contributed by atoms with Gasteiger partial charge in [0.1, 0.15) is 5.76 Å². The first-order valence-electron chi connectivity index (χ1n) is 9.32. The summed E-state index contributed by atoms with van der Waals surface area (Å²) in [5.41, 5.74) is 2.13. The van der Waals surface area contributed by atoms with Crippen LogP contribution in [0, 0.1) is 5.41 Å². The predicted molar refractivity (Wildman–Crippen MR) is 117 cm³/mol. The van der Waals surface area contributed by atoms with Gasteiger partial charge in [-0.1, -0.05) is 18.5 Å². The molecule has 0 heterocycles. The molecule has 1 unspecified atom stereocenters. The van der Waals surface area contributed by atoms with Gasteiger partial charge in [0.05, 0.1) is 18.9 Å². The molecule has 0 spiro atoms. The zero-order chi connectivity index (χ0) is 20.5. The molecule has 7 nitrogen and oxygen atoms in total. The monoisotopic (exact) mass is 376 g/mol. The Balaban J connectivity index is 5.00. The number of likely N-dealkylation sites (N-methyl/N-ethyl adjacent to an activating group) is 2. The Morgan fingerprint density at radius 3 is 2.67 bits per heavy atom. The second-order valence-corrected chi connectivity index (χ2v) is 6.16. The number of rotatable bonds is 14. The van der Waals surface area contributed by atoms with Crippen molar-refractivity contribution in [1.82, 2.24) is 15.5 Å². The lowest BCUT2D eigenvalue weighted by molar-refractivity contribution is 0.229. The van der Waals surface area contributed by atoms with Gasteiger partial charge in [-0.25, -0.2) is 0 Å². The maximum absolute atomic E-state index is 7.35. The first-order chi connectivity index (χ1) is 13.0. The minimum atomic E-state index is -0.144. The Labute approximate surface area is 164 Å². The molecule has 0 aliphatic carbocycles. The average Bonchev–Trinajstić information content (AvgIpc) is 2.64. The van der Waals surface area contributed by atoms with Gasteiger partial charge in [0.25, 0.3) is 0 Å². The molecule has 7 heteroatoms. The van der Waals surface area contributed by atoms with E-state index in [0.717, 1.165) is 37.2 Å². The van der Waals surface area contributed by atoms with E-state index < -0.39 is 0 Å². The fraction of sp³-hybridized carbons (Fsp3) is 0.550. The summed E-state index contributed by atoms with van der Waals surface area (Å²) >= 11 is 0. The van der Waals surface area contributed by atoms with Crippen molar-refractivity contribution in [2.24, 2.45) is 10.1 Å². The van der Waals surface area contributed by atoms with E-state index >= 15 is 0 Å². The van der Waals surface area contributed by atoms with E-state index in [4.69, 9.17) is 10.2 Å². The molecule has 3 N–H and O–H groups in total. The van der Waals surface area contributed by atoms with Crippen LogP contribution in [0.3, 0.4) is 0 Å². The van der Waals surface area contributed by atoms with E-state index in [0.29, 0.717) is 5.76 Å². The molecule has 0 radical (unpaired) electrons. The SMILES string of the molecule is C/C=N/O/C(C)=C/C(NC=N)/C(C)=C/N(C)C/C(=C/C=NCCCC)NC. The number of allylic oxidation sites excluding steroid dienone is 2. The van der Waals surface area contributed by atoms with Crippen molar-refractivity contribution in [3.8, 4) is 0 Å². The molecule has 152 valence electrons. The number of nitrogens with zero attached hydrogens (tertiary/aromatic N) is 3. The summed E-state index contributed by atoms with van der Waals surface area (Å²) in [6.07, 6.45) is 12.8. The lowest BCUT2D eigenvalue weighted by Gasteiger charge is -2.21. The number of aliphatic imine (C=N–C) groups is 1. The summed E-state index contributed by atoms with van der Waals surface area (Å²) in [6, 6.07) is -0.144. The first kappa shape index (κ1) is 24.4. The number of hydrogen-bond donors (Lipinski definition) is 3. The lowest BCUT2D eigenvalue weighted by Crippen LogP contribution is -2.29. The zero-order valence-electron chi connectivity index (χ0n) is 17.6. The molecule has 0 aliphatic heterocycles. The van der Waals surface area contributed by atoms with Crippen LogP contribution in [0.1, 0.15) is 40.5 Å². The molecule has 0 aliphatic rings. The van der Waals surface area contributed by atoms with Crippen molar-refractivity contribution >= 4 is 18.8 Å². The fourth-order valence-corrected chi connectivity index (χ4v) is 2.23. The van der Waals surface area contributed by atoms with Gasteiger partial charge in [-0.05, 0) is 44.9 Å². The molecule has 0 aromatic carbocycles. The van der Waals surface area contributed by atoms with E-state index in [1.54, 1.807) is 13.1 Å². The second-order valence-electron chi connectivity index (χ2n) is 6.16. The predicted octanol–water partition coefficient (Wildman–Crippen LogP) is 3.29. The number of oxime groups is 1. The molecule has 0 saturated carbocycles. The van der Waals surface area contributed by atoms with Gasteiger partial charge >= 0.3 is 0 Å². The third-order valence-corrected chi connectivity index (χ3v) is 3.64.